The van der Waals surface area contributed by atoms with Crippen molar-refractivity contribution in [2.45, 2.75) is 13.8 Å². The van der Waals surface area contributed by atoms with Crippen molar-refractivity contribution in [1.29, 1.82) is 0 Å². The summed E-state index contributed by atoms with van der Waals surface area (Å²) in [6.45, 7) is 3.92. The number of carbonyl (C=O) groups excluding carboxylic acids is 2. The van der Waals surface area contributed by atoms with Crippen LogP contribution in [0.4, 0.5) is 5.00 Å². The molecular weight excluding hydrogens is 358 g/mol. The zero-order valence-electron chi connectivity index (χ0n) is 14.2. The van der Waals surface area contributed by atoms with Gasteiger partial charge in [0, 0.05) is 10.6 Å². The first-order chi connectivity index (χ1) is 12.1. The molecule has 1 amide bonds. The number of hydrogen-bond acceptors (Lipinski definition) is 6. The summed E-state index contributed by atoms with van der Waals surface area (Å²) < 4.78 is 5.16. The molecule has 0 bridgehead atoms. The maximum Gasteiger partial charge on any atom is 0.341 e. The molecule has 2 aromatic rings. The summed E-state index contributed by atoms with van der Waals surface area (Å²) in [5, 5.41) is 12.1. The second kappa shape index (κ2) is 9.60. The van der Waals surface area contributed by atoms with Crippen molar-refractivity contribution in [2.24, 2.45) is 0 Å². The molecule has 1 aromatic heterocycles. The Morgan fingerprint density at radius 2 is 2.00 bits per heavy atom. The molecule has 2 N–H and O–H groups in total. The number of aliphatic hydroxyl groups is 1. The number of anilines is 1. The van der Waals surface area contributed by atoms with Crippen LogP contribution >= 0.6 is 23.1 Å². The highest BCUT2D eigenvalue weighted by Crippen LogP contribution is 2.40. The second-order valence-corrected chi connectivity index (χ2v) is 7.30. The van der Waals surface area contributed by atoms with Crippen LogP contribution in [0, 0.1) is 6.92 Å². The summed E-state index contributed by atoms with van der Waals surface area (Å²) in [6.07, 6.45) is 0. The van der Waals surface area contributed by atoms with Crippen molar-refractivity contribution in [2.75, 3.05) is 30.0 Å². The van der Waals surface area contributed by atoms with Crippen LogP contribution in [0.25, 0.3) is 10.4 Å². The van der Waals surface area contributed by atoms with E-state index in [-0.39, 0.29) is 24.9 Å². The highest BCUT2D eigenvalue weighted by Gasteiger charge is 2.24. The third-order valence-electron chi connectivity index (χ3n) is 3.38. The molecule has 0 radical (unpaired) electrons. The lowest BCUT2D eigenvalue weighted by Crippen LogP contribution is -2.16. The van der Waals surface area contributed by atoms with Crippen molar-refractivity contribution < 1.29 is 19.4 Å². The van der Waals surface area contributed by atoms with Gasteiger partial charge in [-0.1, -0.05) is 30.3 Å². The number of thiophene rings is 1. The van der Waals surface area contributed by atoms with E-state index in [0.29, 0.717) is 16.3 Å². The number of ether oxygens (including phenoxy) is 1. The number of amides is 1. The van der Waals surface area contributed by atoms with Gasteiger partial charge >= 0.3 is 5.97 Å². The summed E-state index contributed by atoms with van der Waals surface area (Å²) in [5.41, 5.74) is 2.20. The lowest BCUT2D eigenvalue weighted by atomic mass is 10.1. The molecule has 2 rings (SSSR count). The van der Waals surface area contributed by atoms with E-state index in [1.807, 2.05) is 37.3 Å². The van der Waals surface area contributed by atoms with Crippen LogP contribution in [-0.4, -0.2) is 41.7 Å². The molecule has 0 fully saturated rings. The summed E-state index contributed by atoms with van der Waals surface area (Å²) in [4.78, 5) is 25.4. The fourth-order valence-corrected chi connectivity index (χ4v) is 4.06. The zero-order chi connectivity index (χ0) is 18.2. The molecule has 25 heavy (non-hydrogen) atoms. The predicted octanol–water partition coefficient (Wildman–Crippen LogP) is 3.56. The number of nitrogens with one attached hydrogen (secondary N) is 1. The number of esters is 1. The average molecular weight is 380 g/mol. The monoisotopic (exact) mass is 379 g/mol. The number of rotatable bonds is 8. The normalized spacial score (nSPS) is 10.5. The van der Waals surface area contributed by atoms with Gasteiger partial charge in [0.05, 0.1) is 24.5 Å². The molecule has 1 aromatic carbocycles. The van der Waals surface area contributed by atoms with Crippen LogP contribution in [0.5, 0.6) is 0 Å². The van der Waals surface area contributed by atoms with Crippen LogP contribution in [0.3, 0.4) is 0 Å². The van der Waals surface area contributed by atoms with Gasteiger partial charge in [-0.05, 0) is 25.0 Å². The summed E-state index contributed by atoms with van der Waals surface area (Å²) in [7, 11) is 0. The Bertz CT molecular complexity index is 728. The van der Waals surface area contributed by atoms with E-state index in [0.717, 1.165) is 16.0 Å². The molecule has 1 heterocycles. The zero-order valence-corrected chi connectivity index (χ0v) is 15.8. The molecule has 0 aliphatic rings. The standard InChI is InChI=1S/C18H21NO4S2/c1-3-23-18(22)15-12(2)16(13-7-5-4-6-8-13)25-17(15)19-14(21)11-24-10-9-20/h4-8,20H,3,9-11H2,1-2H3,(H,19,21). The number of thioether (sulfide) groups is 1. The van der Waals surface area contributed by atoms with Gasteiger partial charge in [-0.15, -0.1) is 23.1 Å². The van der Waals surface area contributed by atoms with Gasteiger partial charge in [0.2, 0.25) is 5.91 Å². The largest absolute Gasteiger partial charge is 0.462 e. The first-order valence-electron chi connectivity index (χ1n) is 7.92. The van der Waals surface area contributed by atoms with E-state index >= 15 is 0 Å². The van der Waals surface area contributed by atoms with Gasteiger partial charge in [-0.3, -0.25) is 4.79 Å². The summed E-state index contributed by atoms with van der Waals surface area (Å²) >= 11 is 2.71. The van der Waals surface area contributed by atoms with E-state index < -0.39 is 5.97 Å². The Morgan fingerprint density at radius 1 is 1.28 bits per heavy atom. The minimum absolute atomic E-state index is 0.0300. The number of benzene rings is 1. The van der Waals surface area contributed by atoms with Crippen molar-refractivity contribution in [1.82, 2.24) is 0 Å². The third-order valence-corrected chi connectivity index (χ3v) is 5.58. The third kappa shape index (κ3) is 5.07. The predicted molar refractivity (Wildman–Crippen MR) is 103 cm³/mol. The smallest absolute Gasteiger partial charge is 0.341 e. The molecule has 0 aliphatic heterocycles. The number of hydrogen-bond donors (Lipinski definition) is 2. The first-order valence-corrected chi connectivity index (χ1v) is 9.90. The topological polar surface area (TPSA) is 75.6 Å². The SMILES string of the molecule is CCOC(=O)c1c(NC(=O)CSCCO)sc(-c2ccccc2)c1C. The van der Waals surface area contributed by atoms with Gasteiger partial charge in [0.1, 0.15) is 5.00 Å². The maximum atomic E-state index is 12.4. The summed E-state index contributed by atoms with van der Waals surface area (Å²) in [6, 6.07) is 9.73. The lowest BCUT2D eigenvalue weighted by Gasteiger charge is -2.07. The average Bonchev–Trinajstić information content (AvgIpc) is 2.92. The van der Waals surface area contributed by atoms with Crippen LogP contribution in [0.2, 0.25) is 0 Å². The molecule has 5 nitrogen and oxygen atoms in total. The molecule has 0 unspecified atom stereocenters. The van der Waals surface area contributed by atoms with E-state index in [4.69, 9.17) is 9.84 Å². The van der Waals surface area contributed by atoms with Crippen molar-refractivity contribution in [3.63, 3.8) is 0 Å². The number of aliphatic hydroxyl groups excluding tert-OH is 1. The minimum atomic E-state index is -0.434. The summed E-state index contributed by atoms with van der Waals surface area (Å²) in [5.74, 6) is 0.0822. The fourth-order valence-electron chi connectivity index (χ4n) is 2.31. The molecule has 0 atom stereocenters. The Kier molecular flexibility index (Phi) is 7.49. The van der Waals surface area contributed by atoms with Gasteiger partial charge in [-0.25, -0.2) is 4.79 Å². The highest BCUT2D eigenvalue weighted by molar-refractivity contribution is 7.99. The van der Waals surface area contributed by atoms with E-state index in [2.05, 4.69) is 5.32 Å². The molecule has 0 saturated heterocycles. The maximum absolute atomic E-state index is 12.4. The van der Waals surface area contributed by atoms with Crippen LogP contribution < -0.4 is 5.32 Å². The van der Waals surface area contributed by atoms with E-state index in [1.54, 1.807) is 6.92 Å². The second-order valence-electron chi connectivity index (χ2n) is 5.17. The highest BCUT2D eigenvalue weighted by atomic mass is 32.2. The van der Waals surface area contributed by atoms with Gasteiger partial charge in [0.25, 0.3) is 0 Å². The van der Waals surface area contributed by atoms with Crippen LogP contribution in [0.1, 0.15) is 22.8 Å². The Hall–Kier alpha value is -1.83. The number of carbonyl (C=O) groups is 2. The lowest BCUT2D eigenvalue weighted by molar-refractivity contribution is -0.113. The Labute approximate surface area is 155 Å². The van der Waals surface area contributed by atoms with Gasteiger partial charge in [-0.2, -0.15) is 0 Å². The van der Waals surface area contributed by atoms with Crippen LogP contribution in [-0.2, 0) is 9.53 Å². The molecule has 0 aliphatic carbocycles. The van der Waals surface area contributed by atoms with E-state index in [1.165, 1.54) is 23.1 Å². The van der Waals surface area contributed by atoms with Crippen molar-refractivity contribution in [3.05, 3.63) is 41.5 Å². The molecule has 0 spiro atoms. The van der Waals surface area contributed by atoms with E-state index in [9.17, 15) is 9.59 Å². The Morgan fingerprint density at radius 3 is 2.64 bits per heavy atom. The van der Waals surface area contributed by atoms with Crippen LogP contribution in [0.15, 0.2) is 30.3 Å². The van der Waals surface area contributed by atoms with Crippen molar-refractivity contribution in [3.8, 4) is 10.4 Å². The first kappa shape index (κ1) is 19.5. The van der Waals surface area contributed by atoms with Gasteiger partial charge < -0.3 is 15.2 Å². The molecule has 134 valence electrons. The quantitative estimate of drug-likeness (QED) is 0.542. The molecular formula is C18H21NO4S2. The fraction of sp³-hybridized carbons (Fsp3) is 0.333. The van der Waals surface area contributed by atoms with Gasteiger partial charge in [0.15, 0.2) is 0 Å². The Balaban J connectivity index is 2.33. The minimum Gasteiger partial charge on any atom is -0.462 e. The molecule has 7 heteroatoms. The van der Waals surface area contributed by atoms with Crippen molar-refractivity contribution >= 4 is 40.0 Å². The molecule has 0 saturated carbocycles.